The average Bonchev–Trinajstić information content (AvgIpc) is 2.56. The summed E-state index contributed by atoms with van der Waals surface area (Å²) in [6.07, 6.45) is 1.69. The molecule has 0 amide bonds. The van der Waals surface area contributed by atoms with Crippen molar-refractivity contribution in [2.75, 3.05) is 0 Å². The van der Waals surface area contributed by atoms with Gasteiger partial charge in [0.1, 0.15) is 5.58 Å². The van der Waals surface area contributed by atoms with E-state index < -0.39 is 5.97 Å². The molecular formula is C12H10O3. The van der Waals surface area contributed by atoms with Crippen molar-refractivity contribution in [3.05, 3.63) is 41.7 Å². The van der Waals surface area contributed by atoms with E-state index in [2.05, 4.69) is 6.58 Å². The Bertz CT molecular complexity index is 549. The van der Waals surface area contributed by atoms with Crippen molar-refractivity contribution in [2.45, 2.75) is 6.92 Å². The van der Waals surface area contributed by atoms with Gasteiger partial charge in [-0.2, -0.15) is 0 Å². The van der Waals surface area contributed by atoms with Gasteiger partial charge in [0.25, 0.3) is 0 Å². The minimum atomic E-state index is -1.04. The number of carboxylic acid groups (broad SMARTS) is 1. The number of carboxylic acids is 1. The third kappa shape index (κ3) is 1.32. The molecule has 0 saturated heterocycles. The highest BCUT2D eigenvalue weighted by Crippen LogP contribution is 2.28. The maximum Gasteiger partial charge on any atom is 0.372 e. The van der Waals surface area contributed by atoms with Crippen LogP contribution in [0.5, 0.6) is 0 Å². The summed E-state index contributed by atoms with van der Waals surface area (Å²) < 4.78 is 5.26. The number of benzene rings is 1. The van der Waals surface area contributed by atoms with Gasteiger partial charge in [-0.15, -0.1) is 0 Å². The lowest BCUT2D eigenvalue weighted by Gasteiger charge is -1.95. The summed E-state index contributed by atoms with van der Waals surface area (Å²) in [7, 11) is 0. The summed E-state index contributed by atoms with van der Waals surface area (Å²) in [5, 5.41) is 9.73. The van der Waals surface area contributed by atoms with Crippen molar-refractivity contribution >= 4 is 23.0 Å². The second kappa shape index (κ2) is 3.28. The third-order valence-corrected chi connectivity index (χ3v) is 2.40. The van der Waals surface area contributed by atoms with Gasteiger partial charge >= 0.3 is 5.97 Å². The van der Waals surface area contributed by atoms with Crippen molar-refractivity contribution in [1.29, 1.82) is 0 Å². The van der Waals surface area contributed by atoms with Crippen LogP contribution in [0, 0.1) is 6.92 Å². The maximum absolute atomic E-state index is 10.9. The van der Waals surface area contributed by atoms with E-state index in [1.54, 1.807) is 19.1 Å². The van der Waals surface area contributed by atoms with Gasteiger partial charge in [-0.25, -0.2) is 4.79 Å². The Morgan fingerprint density at radius 3 is 2.87 bits per heavy atom. The van der Waals surface area contributed by atoms with Crippen LogP contribution in [-0.4, -0.2) is 11.1 Å². The smallest absolute Gasteiger partial charge is 0.372 e. The molecule has 0 spiro atoms. The van der Waals surface area contributed by atoms with Gasteiger partial charge in [-0.3, -0.25) is 0 Å². The molecule has 0 aliphatic heterocycles. The van der Waals surface area contributed by atoms with Crippen molar-refractivity contribution in [2.24, 2.45) is 0 Å². The first-order valence-electron chi connectivity index (χ1n) is 4.53. The summed E-state index contributed by atoms with van der Waals surface area (Å²) in [5.41, 5.74) is 2.12. The molecule has 2 aromatic rings. The molecule has 3 nitrogen and oxygen atoms in total. The Morgan fingerprint density at radius 1 is 1.53 bits per heavy atom. The predicted octanol–water partition coefficient (Wildman–Crippen LogP) is 3.08. The van der Waals surface area contributed by atoms with Gasteiger partial charge in [0, 0.05) is 10.9 Å². The molecule has 3 heteroatoms. The first-order valence-corrected chi connectivity index (χ1v) is 4.53. The second-order valence-electron chi connectivity index (χ2n) is 3.29. The Hall–Kier alpha value is -2.03. The molecule has 1 heterocycles. The molecule has 0 saturated carbocycles. The lowest BCUT2D eigenvalue weighted by Crippen LogP contribution is -1.95. The van der Waals surface area contributed by atoms with E-state index in [4.69, 9.17) is 9.52 Å². The molecule has 76 valence electrons. The lowest BCUT2D eigenvalue weighted by atomic mass is 10.1. The van der Waals surface area contributed by atoms with E-state index in [1.807, 2.05) is 12.1 Å². The fourth-order valence-corrected chi connectivity index (χ4v) is 1.71. The van der Waals surface area contributed by atoms with E-state index >= 15 is 0 Å². The summed E-state index contributed by atoms with van der Waals surface area (Å²) in [6, 6.07) is 5.44. The minimum absolute atomic E-state index is 0.000648. The van der Waals surface area contributed by atoms with Crippen molar-refractivity contribution in [3.63, 3.8) is 0 Å². The van der Waals surface area contributed by atoms with Gasteiger partial charge in [0.05, 0.1) is 0 Å². The zero-order chi connectivity index (χ0) is 11.0. The Balaban J connectivity index is 2.88. The van der Waals surface area contributed by atoms with Crippen LogP contribution in [0.4, 0.5) is 0 Å². The minimum Gasteiger partial charge on any atom is -0.475 e. The van der Waals surface area contributed by atoms with Crippen LogP contribution >= 0.6 is 0 Å². The number of hydrogen-bond acceptors (Lipinski definition) is 2. The van der Waals surface area contributed by atoms with E-state index in [0.717, 1.165) is 10.9 Å². The molecule has 0 aliphatic carbocycles. The van der Waals surface area contributed by atoms with Gasteiger partial charge in [-0.1, -0.05) is 24.8 Å². The van der Waals surface area contributed by atoms with Gasteiger partial charge in [0.15, 0.2) is 0 Å². The SMILES string of the molecule is C=Cc1cccc2oc(C(=O)O)c(C)c12. The molecule has 0 fully saturated rings. The molecule has 0 radical (unpaired) electrons. The highest BCUT2D eigenvalue weighted by molar-refractivity contribution is 5.98. The summed E-state index contributed by atoms with van der Waals surface area (Å²) >= 11 is 0. The first kappa shape index (κ1) is 9.52. The molecule has 1 aromatic heterocycles. The largest absolute Gasteiger partial charge is 0.475 e. The number of hydrogen-bond donors (Lipinski definition) is 1. The Labute approximate surface area is 86.6 Å². The third-order valence-electron chi connectivity index (χ3n) is 2.40. The highest BCUT2D eigenvalue weighted by atomic mass is 16.4. The fraction of sp³-hybridized carbons (Fsp3) is 0.0833. The zero-order valence-corrected chi connectivity index (χ0v) is 8.28. The van der Waals surface area contributed by atoms with Crippen LogP contribution in [0.15, 0.2) is 29.2 Å². The Kier molecular flexibility index (Phi) is 2.08. The lowest BCUT2D eigenvalue weighted by molar-refractivity contribution is 0.0664. The molecule has 0 aliphatic rings. The van der Waals surface area contributed by atoms with Crippen molar-refractivity contribution < 1.29 is 14.3 Å². The molecule has 2 rings (SSSR count). The van der Waals surface area contributed by atoms with Crippen molar-refractivity contribution in [1.82, 2.24) is 0 Å². The fourth-order valence-electron chi connectivity index (χ4n) is 1.71. The molecular weight excluding hydrogens is 192 g/mol. The molecule has 0 atom stereocenters. The summed E-state index contributed by atoms with van der Waals surface area (Å²) in [5.74, 6) is -1.04. The molecule has 0 unspecified atom stereocenters. The van der Waals surface area contributed by atoms with Gasteiger partial charge < -0.3 is 9.52 Å². The topological polar surface area (TPSA) is 50.4 Å². The molecule has 1 N–H and O–H groups in total. The zero-order valence-electron chi connectivity index (χ0n) is 8.28. The quantitative estimate of drug-likeness (QED) is 0.814. The molecule has 1 aromatic carbocycles. The van der Waals surface area contributed by atoms with Crippen LogP contribution in [0.25, 0.3) is 17.0 Å². The van der Waals surface area contributed by atoms with E-state index in [-0.39, 0.29) is 5.76 Å². The van der Waals surface area contributed by atoms with Gasteiger partial charge in [0.2, 0.25) is 5.76 Å². The molecule has 15 heavy (non-hydrogen) atoms. The monoisotopic (exact) mass is 202 g/mol. The summed E-state index contributed by atoms with van der Waals surface area (Å²) in [6.45, 7) is 5.43. The standard InChI is InChI=1S/C12H10O3/c1-3-8-5-4-6-9-10(8)7(2)11(15-9)12(13)14/h3-6H,1H2,2H3,(H,13,14). The second-order valence-corrected chi connectivity index (χ2v) is 3.29. The predicted molar refractivity (Wildman–Crippen MR) is 58.0 cm³/mol. The Morgan fingerprint density at radius 2 is 2.27 bits per heavy atom. The number of aromatic carboxylic acids is 1. The van der Waals surface area contributed by atoms with Crippen LogP contribution in [0.3, 0.4) is 0 Å². The van der Waals surface area contributed by atoms with Crippen LogP contribution < -0.4 is 0 Å². The number of rotatable bonds is 2. The highest BCUT2D eigenvalue weighted by Gasteiger charge is 2.17. The number of fused-ring (bicyclic) bond motifs is 1. The van der Waals surface area contributed by atoms with E-state index in [9.17, 15) is 4.79 Å². The van der Waals surface area contributed by atoms with E-state index in [0.29, 0.717) is 11.1 Å². The average molecular weight is 202 g/mol. The summed E-state index contributed by atoms with van der Waals surface area (Å²) in [4.78, 5) is 10.9. The molecule has 0 bridgehead atoms. The normalized spacial score (nSPS) is 10.5. The number of aryl methyl sites for hydroxylation is 1. The van der Waals surface area contributed by atoms with E-state index in [1.165, 1.54) is 0 Å². The number of furan rings is 1. The van der Waals surface area contributed by atoms with Gasteiger partial charge in [-0.05, 0) is 18.6 Å². The van der Waals surface area contributed by atoms with Crippen LogP contribution in [0.2, 0.25) is 0 Å². The van der Waals surface area contributed by atoms with Crippen LogP contribution in [-0.2, 0) is 0 Å². The van der Waals surface area contributed by atoms with Crippen molar-refractivity contribution in [3.8, 4) is 0 Å². The maximum atomic E-state index is 10.9. The first-order chi connectivity index (χ1) is 7.15. The van der Waals surface area contributed by atoms with Crippen LogP contribution in [0.1, 0.15) is 21.7 Å². The number of carbonyl (C=O) groups is 1.